The van der Waals surface area contributed by atoms with Gasteiger partial charge in [0.25, 0.3) is 0 Å². The molecule has 3 fully saturated rings. The molecule has 3 aliphatic carbocycles. The normalized spacial score (nSPS) is 60.3. The molecule has 0 saturated heterocycles. The van der Waals surface area contributed by atoms with Crippen molar-refractivity contribution in [2.24, 2.45) is 17.8 Å². The molecule has 62 valence electrons. The van der Waals surface area contributed by atoms with Crippen molar-refractivity contribution in [1.82, 2.24) is 0 Å². The third-order valence-electron chi connectivity index (χ3n) is 4.20. The second-order valence-electron chi connectivity index (χ2n) is 5.04. The Balaban J connectivity index is 1.98. The van der Waals surface area contributed by atoms with Crippen molar-refractivity contribution in [3.05, 3.63) is 0 Å². The molecule has 1 heteroatoms. The minimum atomic E-state index is -0.200. The van der Waals surface area contributed by atoms with E-state index in [0.717, 1.165) is 37.0 Å². The maximum atomic E-state index is 10.1. The lowest BCUT2D eigenvalue weighted by Crippen LogP contribution is -2.33. The minimum Gasteiger partial charge on any atom is -0.390 e. The van der Waals surface area contributed by atoms with Gasteiger partial charge in [-0.15, -0.1) is 0 Å². The van der Waals surface area contributed by atoms with E-state index < -0.39 is 0 Å². The quantitative estimate of drug-likeness (QED) is 0.562. The van der Waals surface area contributed by atoms with E-state index in [-0.39, 0.29) is 5.60 Å². The zero-order valence-corrected chi connectivity index (χ0v) is 6.92. The van der Waals surface area contributed by atoms with Gasteiger partial charge in [-0.25, -0.2) is 0 Å². The molecule has 0 radical (unpaired) electrons. The van der Waals surface area contributed by atoms with Gasteiger partial charge in [0.2, 0.25) is 0 Å². The molecule has 4 unspecified atom stereocenters. The second kappa shape index (κ2) is 1.82. The summed E-state index contributed by atoms with van der Waals surface area (Å²) in [6.45, 7) is 0. The predicted molar refractivity (Wildman–Crippen MR) is 43.1 cm³/mol. The van der Waals surface area contributed by atoms with Gasteiger partial charge < -0.3 is 5.11 Å². The van der Waals surface area contributed by atoms with Gasteiger partial charge >= 0.3 is 0 Å². The van der Waals surface area contributed by atoms with Crippen molar-refractivity contribution in [3.63, 3.8) is 0 Å². The van der Waals surface area contributed by atoms with E-state index in [1.807, 2.05) is 0 Å². The third kappa shape index (κ3) is 0.807. The minimum absolute atomic E-state index is 0.200. The molecule has 0 aromatic carbocycles. The molecule has 0 aliphatic heterocycles. The molecule has 0 aromatic heterocycles. The first kappa shape index (κ1) is 6.47. The lowest BCUT2D eigenvalue weighted by Gasteiger charge is -2.36. The highest BCUT2D eigenvalue weighted by molar-refractivity contribution is 5.03. The number of aliphatic hydroxyl groups is 1. The molecular weight excluding hydrogens is 136 g/mol. The fourth-order valence-corrected chi connectivity index (χ4v) is 3.89. The fraction of sp³-hybridized carbons (Fsp3) is 1.00. The van der Waals surface area contributed by atoms with Crippen molar-refractivity contribution in [1.29, 1.82) is 0 Å². The Kier molecular flexibility index (Phi) is 1.07. The Morgan fingerprint density at radius 1 is 1.00 bits per heavy atom. The fourth-order valence-electron chi connectivity index (χ4n) is 3.89. The van der Waals surface area contributed by atoms with Crippen LogP contribution in [0, 0.1) is 17.8 Å². The van der Waals surface area contributed by atoms with Crippen molar-refractivity contribution in [2.75, 3.05) is 0 Å². The molecule has 1 nitrogen and oxygen atoms in total. The lowest BCUT2D eigenvalue weighted by molar-refractivity contribution is -0.00251. The Morgan fingerprint density at radius 2 is 1.82 bits per heavy atom. The van der Waals surface area contributed by atoms with Crippen LogP contribution in [0.5, 0.6) is 0 Å². The maximum Gasteiger partial charge on any atom is 0.0656 e. The van der Waals surface area contributed by atoms with Crippen molar-refractivity contribution >= 4 is 0 Å². The average molecular weight is 152 g/mol. The van der Waals surface area contributed by atoms with E-state index in [4.69, 9.17) is 0 Å². The van der Waals surface area contributed by atoms with Crippen LogP contribution in [0.2, 0.25) is 0 Å². The largest absolute Gasteiger partial charge is 0.390 e. The van der Waals surface area contributed by atoms with Crippen molar-refractivity contribution in [3.8, 4) is 0 Å². The van der Waals surface area contributed by atoms with Crippen LogP contribution in [0.1, 0.15) is 38.5 Å². The van der Waals surface area contributed by atoms with E-state index in [2.05, 4.69) is 0 Å². The molecule has 0 aromatic rings. The van der Waals surface area contributed by atoms with Gasteiger partial charge in [-0.1, -0.05) is 6.42 Å². The van der Waals surface area contributed by atoms with E-state index in [1.165, 1.54) is 19.3 Å². The molecular formula is C10H16O. The van der Waals surface area contributed by atoms with E-state index in [1.54, 1.807) is 0 Å². The highest BCUT2D eigenvalue weighted by Crippen LogP contribution is 2.56. The Bertz CT molecular complexity index is 185. The summed E-state index contributed by atoms with van der Waals surface area (Å²) in [4.78, 5) is 0. The highest BCUT2D eigenvalue weighted by atomic mass is 16.3. The zero-order valence-electron chi connectivity index (χ0n) is 6.92. The number of rotatable bonds is 0. The summed E-state index contributed by atoms with van der Waals surface area (Å²) in [5.74, 6) is 2.70. The number of fused-ring (bicyclic) bond motifs is 2. The average Bonchev–Trinajstić information content (AvgIpc) is 2.07. The van der Waals surface area contributed by atoms with E-state index in [9.17, 15) is 5.11 Å². The first-order valence-electron chi connectivity index (χ1n) is 4.98. The molecule has 3 aliphatic rings. The predicted octanol–water partition coefficient (Wildman–Crippen LogP) is 1.95. The summed E-state index contributed by atoms with van der Waals surface area (Å²) < 4.78 is 0. The van der Waals surface area contributed by atoms with Gasteiger partial charge in [-0.3, -0.25) is 0 Å². The topological polar surface area (TPSA) is 20.2 Å². The zero-order chi connectivity index (χ0) is 7.47. The van der Waals surface area contributed by atoms with E-state index in [0.29, 0.717) is 0 Å². The van der Waals surface area contributed by atoms with Gasteiger partial charge in [0.1, 0.15) is 0 Å². The summed E-state index contributed by atoms with van der Waals surface area (Å²) in [6, 6.07) is 0. The summed E-state index contributed by atoms with van der Waals surface area (Å²) in [6.07, 6.45) is 7.65. The maximum absolute atomic E-state index is 10.1. The first-order valence-corrected chi connectivity index (χ1v) is 4.98. The summed E-state index contributed by atoms with van der Waals surface area (Å²) in [7, 11) is 0. The smallest absolute Gasteiger partial charge is 0.0656 e. The van der Waals surface area contributed by atoms with Crippen LogP contribution in [-0.2, 0) is 0 Å². The lowest BCUT2D eigenvalue weighted by atomic mass is 9.71. The molecule has 3 saturated carbocycles. The highest BCUT2D eigenvalue weighted by Gasteiger charge is 2.51. The van der Waals surface area contributed by atoms with Crippen LogP contribution >= 0.6 is 0 Å². The van der Waals surface area contributed by atoms with Crippen molar-refractivity contribution < 1.29 is 5.11 Å². The molecule has 11 heavy (non-hydrogen) atoms. The van der Waals surface area contributed by atoms with Crippen LogP contribution < -0.4 is 0 Å². The van der Waals surface area contributed by atoms with Gasteiger partial charge in [0.05, 0.1) is 5.60 Å². The van der Waals surface area contributed by atoms with Crippen LogP contribution in [0.25, 0.3) is 0 Å². The molecule has 3 bridgehead atoms. The molecule has 3 rings (SSSR count). The van der Waals surface area contributed by atoms with Gasteiger partial charge in [0.15, 0.2) is 0 Å². The van der Waals surface area contributed by atoms with Crippen LogP contribution in [0.3, 0.4) is 0 Å². The second-order valence-corrected chi connectivity index (χ2v) is 5.04. The van der Waals surface area contributed by atoms with Crippen LogP contribution in [-0.4, -0.2) is 10.7 Å². The summed E-state index contributed by atoms with van der Waals surface area (Å²) in [5, 5.41) is 10.1. The molecule has 0 heterocycles. The van der Waals surface area contributed by atoms with Crippen LogP contribution in [0.15, 0.2) is 0 Å². The van der Waals surface area contributed by atoms with Crippen LogP contribution in [0.4, 0.5) is 0 Å². The Morgan fingerprint density at radius 3 is 2.73 bits per heavy atom. The molecule has 1 N–H and O–H groups in total. The third-order valence-corrected chi connectivity index (χ3v) is 4.20. The molecule has 4 atom stereocenters. The molecule has 0 amide bonds. The standard InChI is InChI=1S/C10H16O/c11-10-4-7-1-2-8(5-10)9(3-7)6-10/h7-9,11H,1-6H2. The first-order chi connectivity index (χ1) is 5.25. The summed E-state index contributed by atoms with van der Waals surface area (Å²) in [5.41, 5.74) is -0.200. The van der Waals surface area contributed by atoms with Gasteiger partial charge in [0, 0.05) is 0 Å². The Hall–Kier alpha value is -0.0400. The van der Waals surface area contributed by atoms with E-state index >= 15 is 0 Å². The number of hydrogen-bond donors (Lipinski definition) is 1. The SMILES string of the molecule is OC12CC3CCC(C1)C(C3)C2. The molecule has 0 spiro atoms. The summed E-state index contributed by atoms with van der Waals surface area (Å²) >= 11 is 0. The van der Waals surface area contributed by atoms with Gasteiger partial charge in [-0.2, -0.15) is 0 Å². The van der Waals surface area contributed by atoms with Gasteiger partial charge in [-0.05, 0) is 49.9 Å². The Labute approximate surface area is 67.8 Å². The van der Waals surface area contributed by atoms with Crippen molar-refractivity contribution in [2.45, 2.75) is 44.1 Å². The number of hydrogen-bond acceptors (Lipinski definition) is 1. The monoisotopic (exact) mass is 152 g/mol.